The number of thiophene rings is 1. The van der Waals surface area contributed by atoms with E-state index in [1.54, 1.807) is 12.1 Å². The lowest BCUT2D eigenvalue weighted by Gasteiger charge is -2.21. The predicted molar refractivity (Wildman–Crippen MR) is 90.0 cm³/mol. The topological polar surface area (TPSA) is 55.4 Å². The van der Waals surface area contributed by atoms with E-state index in [-0.39, 0.29) is 16.9 Å². The monoisotopic (exact) mass is 339 g/mol. The van der Waals surface area contributed by atoms with Gasteiger partial charge in [0.25, 0.3) is 0 Å². The van der Waals surface area contributed by atoms with Gasteiger partial charge < -0.3 is 4.74 Å². The van der Waals surface area contributed by atoms with Gasteiger partial charge in [-0.3, -0.25) is 0 Å². The normalized spacial score (nSPS) is 12.4. The van der Waals surface area contributed by atoms with Crippen LogP contribution in [-0.4, -0.2) is 15.5 Å². The molecule has 1 N–H and O–H groups in total. The minimum Gasteiger partial charge on any atom is -0.495 e. The van der Waals surface area contributed by atoms with Crippen LogP contribution < -0.4 is 9.46 Å². The second-order valence-corrected chi connectivity index (χ2v) is 8.79. The number of rotatable bonds is 5. The maximum Gasteiger partial charge on any atom is 0.244 e. The Kier molecular flexibility index (Phi) is 4.94. The first kappa shape index (κ1) is 17.0. The van der Waals surface area contributed by atoms with E-state index in [1.165, 1.54) is 18.4 Å². The standard InChI is InChI=1S/C16H21NO3S2/c1-16(2,3)12-7-8-14(20-4)15(10-12)22(18,19)17-11-13-6-5-9-21-13/h5-10,17H,11H2,1-4H3. The average molecular weight is 339 g/mol. The summed E-state index contributed by atoms with van der Waals surface area (Å²) in [5.41, 5.74) is 0.814. The van der Waals surface area contributed by atoms with Crippen molar-refractivity contribution in [1.82, 2.24) is 4.72 Å². The zero-order chi connectivity index (χ0) is 16.4. The summed E-state index contributed by atoms with van der Waals surface area (Å²) >= 11 is 1.52. The molecule has 0 fully saturated rings. The average Bonchev–Trinajstić information content (AvgIpc) is 2.97. The molecule has 22 heavy (non-hydrogen) atoms. The molecule has 1 heterocycles. The predicted octanol–water partition coefficient (Wildman–Crippen LogP) is 3.53. The number of hydrogen-bond acceptors (Lipinski definition) is 4. The SMILES string of the molecule is COc1ccc(C(C)(C)C)cc1S(=O)(=O)NCc1cccs1. The molecule has 6 heteroatoms. The third kappa shape index (κ3) is 3.88. The second kappa shape index (κ2) is 6.40. The highest BCUT2D eigenvalue weighted by Gasteiger charge is 2.23. The van der Waals surface area contributed by atoms with Crippen molar-refractivity contribution >= 4 is 21.4 Å². The van der Waals surface area contributed by atoms with Crippen LogP contribution in [0.15, 0.2) is 40.6 Å². The highest BCUT2D eigenvalue weighted by molar-refractivity contribution is 7.89. The van der Waals surface area contributed by atoms with Gasteiger partial charge in [-0.15, -0.1) is 11.3 Å². The van der Waals surface area contributed by atoms with Gasteiger partial charge in [-0.2, -0.15) is 0 Å². The first-order valence-electron chi connectivity index (χ1n) is 6.94. The number of hydrogen-bond donors (Lipinski definition) is 1. The van der Waals surface area contributed by atoms with Gasteiger partial charge in [-0.05, 0) is 34.6 Å². The fraction of sp³-hybridized carbons (Fsp3) is 0.375. The molecule has 0 saturated carbocycles. The van der Waals surface area contributed by atoms with Gasteiger partial charge in [0, 0.05) is 11.4 Å². The largest absolute Gasteiger partial charge is 0.495 e. The fourth-order valence-corrected chi connectivity index (χ4v) is 3.95. The summed E-state index contributed by atoms with van der Waals surface area (Å²) < 4.78 is 33.1. The van der Waals surface area contributed by atoms with Crippen LogP contribution in [0.1, 0.15) is 31.2 Å². The summed E-state index contributed by atoms with van der Waals surface area (Å²) in [5, 5.41) is 1.92. The van der Waals surface area contributed by atoms with Crippen LogP contribution >= 0.6 is 11.3 Å². The van der Waals surface area contributed by atoms with Crippen LogP contribution in [-0.2, 0) is 22.0 Å². The van der Waals surface area contributed by atoms with E-state index >= 15 is 0 Å². The second-order valence-electron chi connectivity index (χ2n) is 6.02. The number of methoxy groups -OCH3 is 1. The number of benzene rings is 1. The zero-order valence-electron chi connectivity index (χ0n) is 13.2. The van der Waals surface area contributed by atoms with Crippen molar-refractivity contribution in [3.63, 3.8) is 0 Å². The molecule has 0 atom stereocenters. The lowest BCUT2D eigenvalue weighted by molar-refractivity contribution is 0.401. The smallest absolute Gasteiger partial charge is 0.244 e. The van der Waals surface area contributed by atoms with E-state index in [0.717, 1.165) is 10.4 Å². The Hall–Kier alpha value is -1.37. The molecule has 0 aliphatic rings. The molecule has 2 aromatic rings. The molecule has 0 radical (unpaired) electrons. The number of nitrogens with one attached hydrogen (secondary N) is 1. The maximum absolute atomic E-state index is 12.6. The Balaban J connectivity index is 2.35. The summed E-state index contributed by atoms with van der Waals surface area (Å²) in [6.07, 6.45) is 0. The van der Waals surface area contributed by atoms with E-state index in [1.807, 2.05) is 44.4 Å². The van der Waals surface area contributed by atoms with Gasteiger partial charge in [-0.25, -0.2) is 13.1 Å². The van der Waals surface area contributed by atoms with Crippen LogP contribution in [0.4, 0.5) is 0 Å². The van der Waals surface area contributed by atoms with Crippen molar-refractivity contribution in [2.45, 2.75) is 37.6 Å². The molecule has 0 amide bonds. The Morgan fingerprint density at radius 2 is 1.95 bits per heavy atom. The Morgan fingerprint density at radius 1 is 1.23 bits per heavy atom. The lowest BCUT2D eigenvalue weighted by atomic mass is 9.87. The van der Waals surface area contributed by atoms with Crippen molar-refractivity contribution in [1.29, 1.82) is 0 Å². The highest BCUT2D eigenvalue weighted by Crippen LogP contribution is 2.30. The minimum atomic E-state index is -3.63. The molecule has 0 aliphatic heterocycles. The molecule has 4 nitrogen and oxygen atoms in total. The van der Waals surface area contributed by atoms with Crippen molar-refractivity contribution in [2.24, 2.45) is 0 Å². The third-order valence-electron chi connectivity index (χ3n) is 3.34. The van der Waals surface area contributed by atoms with Crippen molar-refractivity contribution in [2.75, 3.05) is 7.11 Å². The van der Waals surface area contributed by atoms with Crippen LogP contribution in [0.5, 0.6) is 5.75 Å². The molecule has 0 unspecified atom stereocenters. The van der Waals surface area contributed by atoms with Gasteiger partial charge in [0.2, 0.25) is 10.0 Å². The lowest BCUT2D eigenvalue weighted by Crippen LogP contribution is -2.24. The summed E-state index contributed by atoms with van der Waals surface area (Å²) in [6, 6.07) is 9.10. The van der Waals surface area contributed by atoms with Gasteiger partial charge in [0.1, 0.15) is 10.6 Å². The van der Waals surface area contributed by atoms with Crippen LogP contribution in [0.2, 0.25) is 0 Å². The van der Waals surface area contributed by atoms with E-state index in [4.69, 9.17) is 4.74 Å². The van der Waals surface area contributed by atoms with E-state index in [9.17, 15) is 8.42 Å². The van der Waals surface area contributed by atoms with E-state index in [2.05, 4.69) is 4.72 Å². The first-order chi connectivity index (χ1) is 10.2. The Bertz CT molecular complexity index is 729. The quantitative estimate of drug-likeness (QED) is 0.906. The Morgan fingerprint density at radius 3 is 2.50 bits per heavy atom. The van der Waals surface area contributed by atoms with E-state index < -0.39 is 10.0 Å². The molecule has 0 bridgehead atoms. The van der Waals surface area contributed by atoms with Crippen molar-refractivity contribution < 1.29 is 13.2 Å². The van der Waals surface area contributed by atoms with Crippen LogP contribution in [0.3, 0.4) is 0 Å². The summed E-state index contributed by atoms with van der Waals surface area (Å²) in [6.45, 7) is 6.42. The maximum atomic E-state index is 12.6. The summed E-state index contributed by atoms with van der Waals surface area (Å²) in [5.74, 6) is 0.353. The minimum absolute atomic E-state index is 0.135. The molecular formula is C16H21NO3S2. The van der Waals surface area contributed by atoms with Crippen LogP contribution in [0.25, 0.3) is 0 Å². The first-order valence-corrected chi connectivity index (χ1v) is 9.31. The van der Waals surface area contributed by atoms with E-state index in [0.29, 0.717) is 5.75 Å². The van der Waals surface area contributed by atoms with Gasteiger partial charge in [-0.1, -0.05) is 32.9 Å². The summed E-state index contributed by atoms with van der Waals surface area (Å²) in [7, 11) is -2.15. The highest BCUT2D eigenvalue weighted by atomic mass is 32.2. The zero-order valence-corrected chi connectivity index (χ0v) is 14.8. The molecule has 0 spiro atoms. The summed E-state index contributed by atoms with van der Waals surface area (Å²) in [4.78, 5) is 1.15. The molecular weight excluding hydrogens is 318 g/mol. The molecule has 1 aromatic heterocycles. The van der Waals surface area contributed by atoms with Gasteiger partial charge in [0.15, 0.2) is 0 Å². The van der Waals surface area contributed by atoms with Crippen LogP contribution in [0, 0.1) is 0 Å². The molecule has 1 aromatic carbocycles. The molecule has 120 valence electrons. The fourth-order valence-electron chi connectivity index (χ4n) is 2.01. The van der Waals surface area contributed by atoms with Crippen molar-refractivity contribution in [3.8, 4) is 5.75 Å². The molecule has 2 rings (SSSR count). The number of sulfonamides is 1. The third-order valence-corrected chi connectivity index (χ3v) is 5.63. The Labute approximate surface area is 136 Å². The van der Waals surface area contributed by atoms with Gasteiger partial charge in [0.05, 0.1) is 7.11 Å². The molecule has 0 aliphatic carbocycles. The van der Waals surface area contributed by atoms with Crippen molar-refractivity contribution in [3.05, 3.63) is 46.2 Å². The molecule has 0 saturated heterocycles. The number of ether oxygens (including phenoxy) is 1. The van der Waals surface area contributed by atoms with Gasteiger partial charge >= 0.3 is 0 Å².